The molecular formula is C14H22N4O3. The van der Waals surface area contributed by atoms with Crippen molar-refractivity contribution in [3.8, 4) is 0 Å². The van der Waals surface area contributed by atoms with Crippen LogP contribution in [0.1, 0.15) is 23.9 Å². The SMILES string of the molecule is CCNC(=O)C1CNCCN1C(=O)Cc1c(C)noc1C. The number of nitrogens with zero attached hydrogens (tertiary/aromatic N) is 2. The summed E-state index contributed by atoms with van der Waals surface area (Å²) in [6, 6.07) is -0.452. The Kier molecular flexibility index (Phi) is 4.95. The topological polar surface area (TPSA) is 87.5 Å². The number of amides is 2. The van der Waals surface area contributed by atoms with Crippen molar-refractivity contribution in [1.82, 2.24) is 20.7 Å². The number of hydrogen-bond donors (Lipinski definition) is 2. The largest absolute Gasteiger partial charge is 0.361 e. The number of likely N-dealkylation sites (N-methyl/N-ethyl adjacent to an activating group) is 1. The van der Waals surface area contributed by atoms with Crippen LogP contribution in [-0.4, -0.2) is 54.1 Å². The van der Waals surface area contributed by atoms with Crippen LogP contribution < -0.4 is 10.6 Å². The highest BCUT2D eigenvalue weighted by Gasteiger charge is 2.32. The molecular weight excluding hydrogens is 272 g/mol. The van der Waals surface area contributed by atoms with Gasteiger partial charge in [-0.2, -0.15) is 0 Å². The minimum Gasteiger partial charge on any atom is -0.361 e. The summed E-state index contributed by atoms with van der Waals surface area (Å²) in [5.74, 6) is 0.476. The molecule has 0 saturated carbocycles. The summed E-state index contributed by atoms with van der Waals surface area (Å²) in [6.45, 7) is 7.75. The lowest BCUT2D eigenvalue weighted by Crippen LogP contribution is -2.59. The average Bonchev–Trinajstić information content (AvgIpc) is 2.79. The van der Waals surface area contributed by atoms with E-state index in [0.29, 0.717) is 31.9 Å². The highest BCUT2D eigenvalue weighted by Crippen LogP contribution is 2.15. The van der Waals surface area contributed by atoms with Crippen LogP contribution in [0.4, 0.5) is 0 Å². The molecule has 116 valence electrons. The molecule has 0 aromatic carbocycles. The molecule has 1 saturated heterocycles. The quantitative estimate of drug-likeness (QED) is 0.801. The van der Waals surface area contributed by atoms with Crippen LogP contribution in [0.5, 0.6) is 0 Å². The minimum atomic E-state index is -0.452. The van der Waals surface area contributed by atoms with Crippen LogP contribution in [0, 0.1) is 13.8 Å². The molecule has 2 heterocycles. The summed E-state index contributed by atoms with van der Waals surface area (Å²) in [4.78, 5) is 26.3. The van der Waals surface area contributed by atoms with Crippen LogP contribution in [0.3, 0.4) is 0 Å². The number of hydrogen-bond acceptors (Lipinski definition) is 5. The first kappa shape index (κ1) is 15.5. The fourth-order valence-corrected chi connectivity index (χ4v) is 2.54. The molecule has 2 rings (SSSR count). The monoisotopic (exact) mass is 294 g/mol. The second-order valence-corrected chi connectivity index (χ2v) is 5.18. The third-order valence-corrected chi connectivity index (χ3v) is 3.73. The molecule has 1 aliphatic heterocycles. The van der Waals surface area contributed by atoms with Gasteiger partial charge in [-0.25, -0.2) is 0 Å². The molecule has 2 N–H and O–H groups in total. The van der Waals surface area contributed by atoms with Gasteiger partial charge in [0.15, 0.2) is 0 Å². The van der Waals surface area contributed by atoms with Crippen LogP contribution >= 0.6 is 0 Å². The lowest BCUT2D eigenvalue weighted by atomic mass is 10.1. The Morgan fingerprint density at radius 3 is 2.86 bits per heavy atom. The number of aromatic nitrogens is 1. The number of aryl methyl sites for hydroxylation is 2. The highest BCUT2D eigenvalue weighted by molar-refractivity contribution is 5.89. The zero-order chi connectivity index (χ0) is 15.4. The van der Waals surface area contributed by atoms with Crippen molar-refractivity contribution in [2.75, 3.05) is 26.2 Å². The third-order valence-electron chi connectivity index (χ3n) is 3.73. The molecule has 1 aliphatic rings. The fraction of sp³-hybridized carbons (Fsp3) is 0.643. The molecule has 1 aromatic rings. The van der Waals surface area contributed by atoms with Gasteiger partial charge in [-0.3, -0.25) is 9.59 Å². The number of nitrogens with one attached hydrogen (secondary N) is 2. The number of carbonyl (C=O) groups excluding carboxylic acids is 2. The Labute approximate surface area is 124 Å². The molecule has 0 aliphatic carbocycles. The van der Waals surface area contributed by atoms with E-state index in [1.54, 1.807) is 11.8 Å². The van der Waals surface area contributed by atoms with Crippen LogP contribution in [0.2, 0.25) is 0 Å². The van der Waals surface area contributed by atoms with Crippen LogP contribution in [0.25, 0.3) is 0 Å². The summed E-state index contributed by atoms with van der Waals surface area (Å²) in [6.07, 6.45) is 0.219. The van der Waals surface area contributed by atoms with Gasteiger partial charge in [0.05, 0.1) is 12.1 Å². The number of piperazine rings is 1. The maximum absolute atomic E-state index is 12.5. The van der Waals surface area contributed by atoms with Crippen molar-refractivity contribution in [2.24, 2.45) is 0 Å². The van der Waals surface area contributed by atoms with Gasteiger partial charge < -0.3 is 20.1 Å². The van der Waals surface area contributed by atoms with Gasteiger partial charge in [-0.05, 0) is 20.8 Å². The van der Waals surface area contributed by atoms with Gasteiger partial charge in [0.1, 0.15) is 11.8 Å². The van der Waals surface area contributed by atoms with Gasteiger partial charge >= 0.3 is 0 Å². The molecule has 1 aromatic heterocycles. The van der Waals surface area contributed by atoms with Gasteiger partial charge in [-0.15, -0.1) is 0 Å². The number of carbonyl (C=O) groups is 2. The second-order valence-electron chi connectivity index (χ2n) is 5.18. The normalized spacial score (nSPS) is 18.6. The summed E-state index contributed by atoms with van der Waals surface area (Å²) in [7, 11) is 0. The third kappa shape index (κ3) is 3.41. The van der Waals surface area contributed by atoms with E-state index in [-0.39, 0.29) is 18.2 Å². The summed E-state index contributed by atoms with van der Waals surface area (Å²) in [5, 5.41) is 9.79. The van der Waals surface area contributed by atoms with E-state index in [9.17, 15) is 9.59 Å². The van der Waals surface area contributed by atoms with Crippen LogP contribution in [0.15, 0.2) is 4.52 Å². The van der Waals surface area contributed by atoms with E-state index in [2.05, 4.69) is 15.8 Å². The lowest BCUT2D eigenvalue weighted by molar-refractivity contribution is -0.141. The maximum atomic E-state index is 12.5. The van der Waals surface area contributed by atoms with Crippen molar-refractivity contribution in [3.63, 3.8) is 0 Å². The summed E-state index contributed by atoms with van der Waals surface area (Å²) in [5.41, 5.74) is 1.54. The Bertz CT molecular complexity index is 507. The number of rotatable bonds is 4. The van der Waals surface area contributed by atoms with Gasteiger partial charge in [-0.1, -0.05) is 5.16 Å². The second kappa shape index (κ2) is 6.71. The minimum absolute atomic E-state index is 0.0675. The molecule has 0 bridgehead atoms. The van der Waals surface area contributed by atoms with E-state index in [1.807, 2.05) is 13.8 Å². The van der Waals surface area contributed by atoms with Gasteiger partial charge in [0.25, 0.3) is 0 Å². The first-order valence-electron chi connectivity index (χ1n) is 7.24. The molecule has 1 fully saturated rings. The van der Waals surface area contributed by atoms with Gasteiger partial charge in [0, 0.05) is 31.7 Å². The molecule has 21 heavy (non-hydrogen) atoms. The Morgan fingerprint density at radius 1 is 1.48 bits per heavy atom. The van der Waals surface area contributed by atoms with E-state index >= 15 is 0 Å². The van der Waals surface area contributed by atoms with E-state index < -0.39 is 6.04 Å². The molecule has 1 atom stereocenters. The molecule has 0 radical (unpaired) electrons. The zero-order valence-corrected chi connectivity index (χ0v) is 12.7. The van der Waals surface area contributed by atoms with E-state index in [0.717, 1.165) is 11.3 Å². The first-order valence-corrected chi connectivity index (χ1v) is 7.24. The fourth-order valence-electron chi connectivity index (χ4n) is 2.54. The summed E-state index contributed by atoms with van der Waals surface area (Å²) >= 11 is 0. The molecule has 1 unspecified atom stereocenters. The van der Waals surface area contributed by atoms with Crippen molar-refractivity contribution >= 4 is 11.8 Å². The Balaban J connectivity index is 2.10. The Morgan fingerprint density at radius 2 is 2.24 bits per heavy atom. The zero-order valence-electron chi connectivity index (χ0n) is 12.7. The lowest BCUT2D eigenvalue weighted by Gasteiger charge is -2.35. The van der Waals surface area contributed by atoms with Crippen molar-refractivity contribution in [2.45, 2.75) is 33.2 Å². The molecule has 0 spiro atoms. The van der Waals surface area contributed by atoms with E-state index in [1.165, 1.54) is 0 Å². The van der Waals surface area contributed by atoms with Crippen molar-refractivity contribution < 1.29 is 14.1 Å². The van der Waals surface area contributed by atoms with E-state index in [4.69, 9.17) is 4.52 Å². The first-order chi connectivity index (χ1) is 10.0. The van der Waals surface area contributed by atoms with Crippen molar-refractivity contribution in [3.05, 3.63) is 17.0 Å². The van der Waals surface area contributed by atoms with Crippen LogP contribution in [-0.2, 0) is 16.0 Å². The Hall–Kier alpha value is -1.89. The summed E-state index contributed by atoms with van der Waals surface area (Å²) < 4.78 is 5.08. The molecule has 7 nitrogen and oxygen atoms in total. The predicted molar refractivity (Wildman–Crippen MR) is 76.7 cm³/mol. The predicted octanol–water partition coefficient (Wildman–Crippen LogP) is -0.230. The van der Waals surface area contributed by atoms with Crippen molar-refractivity contribution in [1.29, 1.82) is 0 Å². The average molecular weight is 294 g/mol. The molecule has 2 amide bonds. The smallest absolute Gasteiger partial charge is 0.244 e. The standard InChI is InChI=1S/C14H22N4O3/c1-4-16-14(20)12-8-15-5-6-18(12)13(19)7-11-9(2)17-21-10(11)3/h12,15H,4-8H2,1-3H3,(H,16,20). The highest BCUT2D eigenvalue weighted by atomic mass is 16.5. The maximum Gasteiger partial charge on any atom is 0.244 e. The molecule has 7 heteroatoms. The van der Waals surface area contributed by atoms with Gasteiger partial charge in [0.2, 0.25) is 11.8 Å².